The van der Waals surface area contributed by atoms with Crippen molar-refractivity contribution in [2.24, 2.45) is 5.92 Å². The molecule has 2 aromatic rings. The van der Waals surface area contributed by atoms with E-state index in [9.17, 15) is 4.79 Å². The first-order chi connectivity index (χ1) is 11.7. The Morgan fingerprint density at radius 1 is 1.32 bits per heavy atom. The first kappa shape index (κ1) is 18.2. The summed E-state index contributed by atoms with van der Waals surface area (Å²) in [4.78, 5) is 22.3. The molecule has 0 spiro atoms. The van der Waals surface area contributed by atoms with Gasteiger partial charge < -0.3 is 9.72 Å². The van der Waals surface area contributed by atoms with E-state index in [0.717, 1.165) is 23.5 Å². The van der Waals surface area contributed by atoms with Crippen molar-refractivity contribution in [2.45, 2.75) is 45.8 Å². The highest BCUT2D eigenvalue weighted by atomic mass is 127. The zero-order valence-corrected chi connectivity index (χ0v) is 17.2. The van der Waals surface area contributed by atoms with E-state index in [1.54, 1.807) is 4.90 Å². The van der Waals surface area contributed by atoms with Gasteiger partial charge in [0.1, 0.15) is 11.4 Å². The van der Waals surface area contributed by atoms with Gasteiger partial charge in [-0.15, -0.1) is 0 Å². The van der Waals surface area contributed by atoms with Crippen LogP contribution < -0.4 is 0 Å². The molecule has 1 amide bonds. The van der Waals surface area contributed by atoms with Crippen LogP contribution in [0.4, 0.5) is 4.79 Å². The summed E-state index contributed by atoms with van der Waals surface area (Å²) in [6.07, 6.45) is 2.46. The number of benzene rings is 1. The summed E-state index contributed by atoms with van der Waals surface area (Å²) in [7, 11) is 0. The number of aromatic amines is 1. The van der Waals surface area contributed by atoms with E-state index in [-0.39, 0.29) is 12.1 Å². The van der Waals surface area contributed by atoms with Gasteiger partial charge in [-0.25, -0.2) is 9.78 Å². The molecule has 1 aliphatic rings. The third-order valence-corrected chi connectivity index (χ3v) is 4.92. The van der Waals surface area contributed by atoms with Gasteiger partial charge in [0.2, 0.25) is 0 Å². The molecule has 1 saturated heterocycles. The summed E-state index contributed by atoms with van der Waals surface area (Å²) < 4.78 is 6.77. The predicted molar refractivity (Wildman–Crippen MR) is 106 cm³/mol. The number of hydrogen-bond donors (Lipinski definition) is 1. The number of hydrogen-bond acceptors (Lipinski definition) is 3. The van der Waals surface area contributed by atoms with Gasteiger partial charge in [-0.2, -0.15) is 0 Å². The molecule has 134 valence electrons. The molecule has 1 fully saturated rings. The van der Waals surface area contributed by atoms with Crippen LogP contribution in [0.5, 0.6) is 0 Å². The number of likely N-dealkylation sites (tertiary alicyclic amines) is 1. The highest BCUT2D eigenvalue weighted by Gasteiger charge is 2.38. The van der Waals surface area contributed by atoms with Crippen molar-refractivity contribution in [1.29, 1.82) is 0 Å². The van der Waals surface area contributed by atoms with Crippen molar-refractivity contribution in [3.63, 3.8) is 0 Å². The predicted octanol–water partition coefficient (Wildman–Crippen LogP) is 5.00. The number of carbonyl (C=O) groups is 1. The van der Waals surface area contributed by atoms with Gasteiger partial charge in [0.25, 0.3) is 0 Å². The van der Waals surface area contributed by atoms with Gasteiger partial charge in [-0.1, -0.05) is 19.1 Å². The average Bonchev–Trinajstić information content (AvgIpc) is 3.12. The minimum atomic E-state index is -0.497. The van der Waals surface area contributed by atoms with Crippen molar-refractivity contribution >= 4 is 28.7 Å². The van der Waals surface area contributed by atoms with Crippen LogP contribution in [0.3, 0.4) is 0 Å². The molecule has 25 heavy (non-hydrogen) atoms. The quantitative estimate of drug-likeness (QED) is 0.652. The van der Waals surface area contributed by atoms with Crippen molar-refractivity contribution in [3.8, 4) is 11.3 Å². The average molecular weight is 453 g/mol. The fraction of sp³-hybridized carbons (Fsp3) is 0.474. The first-order valence-electron chi connectivity index (χ1n) is 8.53. The molecule has 3 rings (SSSR count). The smallest absolute Gasteiger partial charge is 0.410 e. The second-order valence-electron chi connectivity index (χ2n) is 7.68. The van der Waals surface area contributed by atoms with Crippen LogP contribution in [0.1, 0.15) is 46.0 Å². The maximum atomic E-state index is 12.6. The second-order valence-corrected chi connectivity index (χ2v) is 8.92. The molecular formula is C19H24IN3O2. The largest absolute Gasteiger partial charge is 0.444 e. The monoisotopic (exact) mass is 453 g/mol. The lowest BCUT2D eigenvalue weighted by atomic mass is 10.1. The summed E-state index contributed by atoms with van der Waals surface area (Å²) in [5, 5.41) is 0. The lowest BCUT2D eigenvalue weighted by Crippen LogP contribution is -2.37. The van der Waals surface area contributed by atoms with Gasteiger partial charge >= 0.3 is 6.09 Å². The third kappa shape index (κ3) is 4.34. The molecule has 0 aliphatic carbocycles. The van der Waals surface area contributed by atoms with Crippen LogP contribution in [0.15, 0.2) is 30.5 Å². The number of rotatable bonds is 2. The van der Waals surface area contributed by atoms with E-state index in [1.807, 2.05) is 27.0 Å². The normalized spacial score (nSPS) is 20.8. The van der Waals surface area contributed by atoms with E-state index in [1.165, 1.54) is 3.57 Å². The van der Waals surface area contributed by atoms with Gasteiger partial charge in [0.15, 0.2) is 0 Å². The molecule has 2 unspecified atom stereocenters. The number of nitrogens with zero attached hydrogens (tertiary/aromatic N) is 2. The Bertz CT molecular complexity index is 749. The van der Waals surface area contributed by atoms with Crippen molar-refractivity contribution < 1.29 is 9.53 Å². The van der Waals surface area contributed by atoms with E-state index in [4.69, 9.17) is 4.74 Å². The molecule has 5 nitrogen and oxygen atoms in total. The number of halogens is 1. The van der Waals surface area contributed by atoms with E-state index in [2.05, 4.69) is 63.7 Å². The van der Waals surface area contributed by atoms with Crippen LogP contribution >= 0.6 is 22.6 Å². The number of amides is 1. The van der Waals surface area contributed by atoms with Gasteiger partial charge in [0, 0.05) is 10.1 Å². The van der Waals surface area contributed by atoms with Crippen molar-refractivity contribution in [2.75, 3.05) is 6.54 Å². The van der Waals surface area contributed by atoms with Gasteiger partial charge in [0.05, 0.1) is 17.9 Å². The maximum Gasteiger partial charge on any atom is 0.410 e. The standard InChI is InChI=1S/C19H24IN3O2/c1-12-9-16(23(11-12)18(24)25-19(2,3)4)17-21-10-15(22-17)13-5-7-14(20)8-6-13/h5-8,10,12,16H,9,11H2,1-4H3,(H,21,22). The first-order valence-corrected chi connectivity index (χ1v) is 9.61. The zero-order chi connectivity index (χ0) is 18.2. The molecule has 0 saturated carbocycles. The highest BCUT2D eigenvalue weighted by Crippen LogP contribution is 2.35. The summed E-state index contributed by atoms with van der Waals surface area (Å²) in [5.41, 5.74) is 1.56. The molecular weight excluding hydrogens is 429 g/mol. The number of imidazole rings is 1. The molecule has 1 aliphatic heterocycles. The third-order valence-electron chi connectivity index (χ3n) is 4.20. The lowest BCUT2D eigenvalue weighted by Gasteiger charge is -2.27. The summed E-state index contributed by atoms with van der Waals surface area (Å²) in [5.74, 6) is 1.24. The fourth-order valence-electron chi connectivity index (χ4n) is 3.11. The molecule has 6 heteroatoms. The number of carbonyl (C=O) groups excluding carboxylic acids is 1. The number of ether oxygens (including phenoxy) is 1. The molecule has 1 N–H and O–H groups in total. The molecule has 1 aromatic heterocycles. The SMILES string of the molecule is CC1CC(c2ncc(-c3ccc(I)cc3)[nH]2)N(C(=O)OC(C)(C)C)C1. The van der Waals surface area contributed by atoms with Crippen LogP contribution in [0, 0.1) is 9.49 Å². The van der Waals surface area contributed by atoms with Crippen LogP contribution in [-0.4, -0.2) is 33.1 Å². The molecule has 2 atom stereocenters. The molecule has 0 bridgehead atoms. The van der Waals surface area contributed by atoms with E-state index in [0.29, 0.717) is 12.5 Å². The highest BCUT2D eigenvalue weighted by molar-refractivity contribution is 14.1. The number of H-pyrrole nitrogens is 1. The summed E-state index contributed by atoms with van der Waals surface area (Å²) >= 11 is 2.29. The van der Waals surface area contributed by atoms with Crippen LogP contribution in [0.2, 0.25) is 0 Å². The lowest BCUT2D eigenvalue weighted by molar-refractivity contribution is 0.0214. The maximum absolute atomic E-state index is 12.6. The zero-order valence-electron chi connectivity index (χ0n) is 15.0. The second kappa shape index (κ2) is 6.97. The molecule has 1 aromatic carbocycles. The molecule has 2 heterocycles. The number of aromatic nitrogens is 2. The van der Waals surface area contributed by atoms with Crippen molar-refractivity contribution in [3.05, 3.63) is 39.9 Å². The number of nitrogens with one attached hydrogen (secondary N) is 1. The van der Waals surface area contributed by atoms with E-state index >= 15 is 0 Å². The Morgan fingerprint density at radius 3 is 2.64 bits per heavy atom. The Balaban J connectivity index is 1.82. The van der Waals surface area contributed by atoms with E-state index < -0.39 is 5.60 Å². The van der Waals surface area contributed by atoms with Gasteiger partial charge in [-0.05, 0) is 73.4 Å². The Morgan fingerprint density at radius 2 is 2.00 bits per heavy atom. The Kier molecular flexibility index (Phi) is 5.09. The van der Waals surface area contributed by atoms with Crippen LogP contribution in [0.25, 0.3) is 11.3 Å². The minimum absolute atomic E-state index is 0.0672. The topological polar surface area (TPSA) is 58.2 Å². The van der Waals surface area contributed by atoms with Gasteiger partial charge in [-0.3, -0.25) is 4.90 Å². The van der Waals surface area contributed by atoms with Crippen LogP contribution in [-0.2, 0) is 4.74 Å². The fourth-order valence-corrected chi connectivity index (χ4v) is 3.47. The molecule has 0 radical (unpaired) electrons. The minimum Gasteiger partial charge on any atom is -0.444 e. The Labute approximate surface area is 162 Å². The Hall–Kier alpha value is -1.57. The van der Waals surface area contributed by atoms with Crippen molar-refractivity contribution in [1.82, 2.24) is 14.9 Å². The summed E-state index contributed by atoms with van der Waals surface area (Å²) in [6, 6.07) is 8.22. The summed E-state index contributed by atoms with van der Waals surface area (Å²) in [6.45, 7) is 8.52.